The Morgan fingerprint density at radius 1 is 1.20 bits per heavy atom. The van der Waals surface area contributed by atoms with Crippen molar-refractivity contribution in [2.75, 3.05) is 18.5 Å². The molecule has 1 heterocycles. The number of hydrogen-bond acceptors (Lipinski definition) is 4. The van der Waals surface area contributed by atoms with Gasteiger partial charge in [0.15, 0.2) is 6.61 Å². The molecular weight excluding hydrogens is 320 g/mol. The van der Waals surface area contributed by atoms with Gasteiger partial charge in [-0.05, 0) is 43.4 Å². The maximum absolute atomic E-state index is 12.3. The van der Waals surface area contributed by atoms with Crippen LogP contribution in [0.1, 0.15) is 45.1 Å². The van der Waals surface area contributed by atoms with Crippen LogP contribution in [0, 0.1) is 0 Å². The number of hydrogen-bond donors (Lipinski definition) is 1. The van der Waals surface area contributed by atoms with Gasteiger partial charge >= 0.3 is 5.97 Å². The molecule has 136 valence electrons. The minimum absolute atomic E-state index is 0.102. The predicted molar refractivity (Wildman–Crippen MR) is 95.1 cm³/mol. The van der Waals surface area contributed by atoms with Crippen LogP contribution < -0.4 is 5.32 Å². The third-order valence-corrected chi connectivity index (χ3v) is 4.40. The lowest BCUT2D eigenvalue weighted by Crippen LogP contribution is -2.45. The Balaban J connectivity index is 1.79. The van der Waals surface area contributed by atoms with Crippen LogP contribution in [0.5, 0.6) is 0 Å². The van der Waals surface area contributed by atoms with Gasteiger partial charge in [0.25, 0.3) is 5.91 Å². The number of likely N-dealkylation sites (tertiary alicyclic amines) is 1. The molecule has 0 aromatic heterocycles. The van der Waals surface area contributed by atoms with Crippen molar-refractivity contribution in [2.45, 2.75) is 52.0 Å². The quantitative estimate of drug-likeness (QED) is 0.803. The lowest BCUT2D eigenvalue weighted by Gasteiger charge is -2.35. The van der Waals surface area contributed by atoms with Crippen LogP contribution in [0.15, 0.2) is 24.3 Å². The number of nitrogens with one attached hydrogen (secondary N) is 1. The average Bonchev–Trinajstić information content (AvgIpc) is 2.61. The van der Waals surface area contributed by atoms with Gasteiger partial charge in [-0.1, -0.05) is 19.1 Å². The monoisotopic (exact) mass is 346 g/mol. The first-order chi connectivity index (χ1) is 12.0. The van der Waals surface area contributed by atoms with E-state index in [-0.39, 0.29) is 30.9 Å². The molecule has 0 saturated carbocycles. The molecule has 1 atom stereocenters. The van der Waals surface area contributed by atoms with Gasteiger partial charge in [-0.25, -0.2) is 0 Å². The van der Waals surface area contributed by atoms with Gasteiger partial charge in [0.05, 0.1) is 6.42 Å². The Hall–Kier alpha value is -2.37. The van der Waals surface area contributed by atoms with E-state index in [0.717, 1.165) is 37.8 Å². The van der Waals surface area contributed by atoms with Crippen LogP contribution >= 0.6 is 0 Å². The minimum atomic E-state index is -0.425. The summed E-state index contributed by atoms with van der Waals surface area (Å²) in [5, 5.41) is 2.67. The molecule has 6 heteroatoms. The fraction of sp³-hybridized carbons (Fsp3) is 0.526. The zero-order chi connectivity index (χ0) is 18.2. The zero-order valence-electron chi connectivity index (χ0n) is 14.9. The molecule has 1 aromatic rings. The number of amides is 2. The molecule has 0 unspecified atom stereocenters. The molecule has 1 fully saturated rings. The van der Waals surface area contributed by atoms with E-state index >= 15 is 0 Å². The van der Waals surface area contributed by atoms with E-state index in [1.54, 1.807) is 24.3 Å². The third kappa shape index (κ3) is 5.89. The van der Waals surface area contributed by atoms with Gasteiger partial charge in [0.1, 0.15) is 0 Å². The van der Waals surface area contributed by atoms with Gasteiger partial charge in [-0.3, -0.25) is 14.4 Å². The van der Waals surface area contributed by atoms with Crippen molar-refractivity contribution in [3.63, 3.8) is 0 Å². The smallest absolute Gasteiger partial charge is 0.310 e. The molecule has 1 saturated heterocycles. The maximum atomic E-state index is 12.3. The van der Waals surface area contributed by atoms with Crippen molar-refractivity contribution in [1.29, 1.82) is 0 Å². The third-order valence-electron chi connectivity index (χ3n) is 4.40. The minimum Gasteiger partial charge on any atom is -0.455 e. The average molecular weight is 346 g/mol. The van der Waals surface area contributed by atoms with Crippen molar-refractivity contribution < 1.29 is 19.1 Å². The second-order valence-electron chi connectivity index (χ2n) is 6.36. The van der Waals surface area contributed by atoms with Gasteiger partial charge in [-0.15, -0.1) is 0 Å². The van der Waals surface area contributed by atoms with Crippen molar-refractivity contribution in [2.24, 2.45) is 0 Å². The molecule has 0 aliphatic carbocycles. The molecule has 1 aliphatic rings. The molecular formula is C19H26N2O4. The van der Waals surface area contributed by atoms with Crippen LogP contribution in [0.25, 0.3) is 0 Å². The van der Waals surface area contributed by atoms with Gasteiger partial charge in [-0.2, -0.15) is 0 Å². The molecule has 2 rings (SSSR count). The van der Waals surface area contributed by atoms with Crippen LogP contribution in [0.2, 0.25) is 0 Å². The highest BCUT2D eigenvalue weighted by atomic mass is 16.5. The first-order valence-electron chi connectivity index (χ1n) is 8.81. The number of benzene rings is 1. The highest BCUT2D eigenvalue weighted by Crippen LogP contribution is 2.19. The highest BCUT2D eigenvalue weighted by Gasteiger charge is 2.25. The molecule has 25 heavy (non-hydrogen) atoms. The number of anilines is 1. The Morgan fingerprint density at radius 3 is 2.56 bits per heavy atom. The normalized spacial score (nSPS) is 17.0. The summed E-state index contributed by atoms with van der Waals surface area (Å²) < 4.78 is 5.15. The topological polar surface area (TPSA) is 75.7 Å². The Kier molecular flexibility index (Phi) is 6.98. The number of ether oxygens (including phenoxy) is 1. The maximum Gasteiger partial charge on any atom is 0.310 e. The van der Waals surface area contributed by atoms with E-state index in [9.17, 15) is 14.4 Å². The van der Waals surface area contributed by atoms with E-state index < -0.39 is 5.97 Å². The molecule has 1 aromatic carbocycles. The predicted octanol–water partition coefficient (Wildman–Crippen LogP) is 2.52. The van der Waals surface area contributed by atoms with E-state index in [1.165, 1.54) is 6.92 Å². The van der Waals surface area contributed by atoms with E-state index in [0.29, 0.717) is 5.69 Å². The van der Waals surface area contributed by atoms with Gasteiger partial charge < -0.3 is 15.0 Å². The van der Waals surface area contributed by atoms with Crippen LogP contribution in [-0.2, 0) is 25.5 Å². The fourth-order valence-corrected chi connectivity index (χ4v) is 3.11. The molecule has 1 aliphatic heterocycles. The number of piperidine rings is 1. The number of rotatable bonds is 6. The van der Waals surface area contributed by atoms with Crippen molar-refractivity contribution in [1.82, 2.24) is 4.90 Å². The fourth-order valence-electron chi connectivity index (χ4n) is 3.11. The molecule has 0 bridgehead atoms. The Morgan fingerprint density at radius 2 is 1.92 bits per heavy atom. The lowest BCUT2D eigenvalue weighted by atomic mass is 10.00. The van der Waals surface area contributed by atoms with Crippen molar-refractivity contribution >= 4 is 23.5 Å². The summed E-state index contributed by atoms with van der Waals surface area (Å²) in [4.78, 5) is 37.1. The van der Waals surface area contributed by atoms with E-state index in [1.807, 2.05) is 4.90 Å². The largest absolute Gasteiger partial charge is 0.455 e. The summed E-state index contributed by atoms with van der Waals surface area (Å²) >= 11 is 0. The highest BCUT2D eigenvalue weighted by molar-refractivity contribution is 5.88. The zero-order valence-corrected chi connectivity index (χ0v) is 14.9. The lowest BCUT2D eigenvalue weighted by molar-refractivity contribution is -0.153. The summed E-state index contributed by atoms with van der Waals surface area (Å²) in [6.45, 7) is 4.07. The second-order valence-corrected chi connectivity index (χ2v) is 6.36. The number of carbonyl (C=O) groups excluding carboxylic acids is 3. The second kappa shape index (κ2) is 9.20. The van der Waals surface area contributed by atoms with Gasteiger partial charge in [0, 0.05) is 25.2 Å². The molecule has 0 radical (unpaired) electrons. The number of carbonyl (C=O) groups is 3. The summed E-state index contributed by atoms with van der Waals surface area (Å²) in [5.41, 5.74) is 1.45. The summed E-state index contributed by atoms with van der Waals surface area (Å²) in [6.07, 6.45) is 4.22. The first kappa shape index (κ1) is 19.0. The standard InChI is InChI=1S/C19H26N2O4/c1-3-17-6-4-5-11-21(17)18(23)13-25-19(24)12-15-7-9-16(10-8-15)20-14(2)22/h7-10,17H,3-6,11-13H2,1-2H3,(H,20,22)/t17-/m0/s1. The van der Waals surface area contributed by atoms with E-state index in [4.69, 9.17) is 4.74 Å². The Labute approximate surface area is 148 Å². The molecule has 1 N–H and O–H groups in total. The number of nitrogens with zero attached hydrogens (tertiary/aromatic N) is 1. The van der Waals surface area contributed by atoms with E-state index in [2.05, 4.69) is 12.2 Å². The molecule has 0 spiro atoms. The van der Waals surface area contributed by atoms with Crippen LogP contribution in [0.3, 0.4) is 0 Å². The summed E-state index contributed by atoms with van der Waals surface area (Å²) in [6, 6.07) is 7.24. The van der Waals surface area contributed by atoms with Crippen LogP contribution in [-0.4, -0.2) is 41.9 Å². The Bertz CT molecular complexity index is 612. The van der Waals surface area contributed by atoms with Crippen LogP contribution in [0.4, 0.5) is 5.69 Å². The number of esters is 1. The van der Waals surface area contributed by atoms with Gasteiger partial charge in [0.2, 0.25) is 5.91 Å². The molecule has 6 nitrogen and oxygen atoms in total. The van der Waals surface area contributed by atoms with Crippen molar-refractivity contribution in [3.05, 3.63) is 29.8 Å². The summed E-state index contributed by atoms with van der Waals surface area (Å²) in [7, 11) is 0. The summed E-state index contributed by atoms with van der Waals surface area (Å²) in [5.74, 6) is -0.680. The first-order valence-corrected chi connectivity index (χ1v) is 8.81. The SMILES string of the molecule is CC[C@H]1CCCCN1C(=O)COC(=O)Cc1ccc(NC(C)=O)cc1. The van der Waals surface area contributed by atoms with Crippen molar-refractivity contribution in [3.8, 4) is 0 Å². The molecule has 2 amide bonds.